The monoisotopic (exact) mass is 426 g/mol. The first kappa shape index (κ1) is 21.0. The predicted octanol–water partition coefficient (Wildman–Crippen LogP) is 1.94. The molecule has 0 saturated heterocycles. The number of Topliss-reactive ketones (excluding diaryl/α,β-unsaturated/α-hetero) is 2. The second kappa shape index (κ2) is 7.14. The van der Waals surface area contributed by atoms with Gasteiger partial charge >= 0.3 is 0 Å². The molecule has 3 aliphatic rings. The summed E-state index contributed by atoms with van der Waals surface area (Å²) in [5, 5.41) is 32.6. The van der Waals surface area contributed by atoms with Crippen LogP contribution in [0, 0.1) is 17.8 Å². The number of aryl methyl sites for hydroxylation is 1. The number of phenolic OH excluding ortho intramolecular Hbond substituents is 1. The maximum absolute atomic E-state index is 13.4. The lowest BCUT2D eigenvalue weighted by Gasteiger charge is -2.41. The van der Waals surface area contributed by atoms with Crippen molar-refractivity contribution in [1.82, 2.24) is 0 Å². The fourth-order valence-electron chi connectivity index (χ4n) is 5.41. The Bertz CT molecular complexity index is 1100. The number of aromatic hydroxyl groups is 1. The van der Waals surface area contributed by atoms with Crippen LogP contribution in [0.3, 0.4) is 0 Å². The van der Waals surface area contributed by atoms with Crippen molar-refractivity contribution < 1.29 is 29.7 Å². The van der Waals surface area contributed by atoms with E-state index < -0.39 is 40.6 Å². The lowest BCUT2D eigenvalue weighted by molar-refractivity contribution is -0.127. The first-order valence-corrected chi connectivity index (χ1v) is 10.4. The van der Waals surface area contributed by atoms with Gasteiger partial charge in [0, 0.05) is 31.8 Å². The van der Waals surface area contributed by atoms with Gasteiger partial charge in [-0.2, -0.15) is 0 Å². The number of carbonyl (C=O) groups is 3. The molecule has 1 saturated carbocycles. The average molecular weight is 426 g/mol. The van der Waals surface area contributed by atoms with Crippen LogP contribution in [0.2, 0.25) is 0 Å². The molecule has 3 atom stereocenters. The minimum atomic E-state index is -1.10. The summed E-state index contributed by atoms with van der Waals surface area (Å²) in [6, 6.07) is 1.89. The Balaban J connectivity index is 1.92. The number of carbonyl (C=O) groups excluding carboxylic acids is 3. The number of nitrogens with zero attached hydrogens (tertiary/aromatic N) is 1. The van der Waals surface area contributed by atoms with E-state index in [0.717, 1.165) is 11.3 Å². The van der Waals surface area contributed by atoms with Gasteiger partial charge in [-0.25, -0.2) is 0 Å². The molecule has 1 aromatic rings. The Morgan fingerprint density at radius 3 is 2.45 bits per heavy atom. The first-order valence-electron chi connectivity index (χ1n) is 10.4. The quantitative estimate of drug-likeness (QED) is 0.541. The Morgan fingerprint density at radius 2 is 1.87 bits per heavy atom. The molecule has 164 valence electrons. The van der Waals surface area contributed by atoms with Crippen LogP contribution in [0.15, 0.2) is 23.0 Å². The highest BCUT2D eigenvalue weighted by Crippen LogP contribution is 2.52. The van der Waals surface area contributed by atoms with E-state index in [-0.39, 0.29) is 35.0 Å². The first-order chi connectivity index (χ1) is 14.6. The molecular weight excluding hydrogens is 400 g/mol. The molecule has 1 amide bonds. The standard InChI is InChI=1S/C23H26N2O6/c1-4-9-7-13(25(2)3)12-6-10-5-11-8-14(26)18(23(24)31)22(30)16(11)20(28)15(10)21(29)17(12)19(9)27/h7,10-11,16,27,29-30H,4-6,8H2,1-3H3,(H2,24,31)/t10-,11+,16?/m1/s1. The van der Waals surface area contributed by atoms with Crippen molar-refractivity contribution in [2.75, 3.05) is 19.0 Å². The van der Waals surface area contributed by atoms with Crippen molar-refractivity contribution in [3.8, 4) is 5.75 Å². The second-order valence-electron chi connectivity index (χ2n) is 8.76. The van der Waals surface area contributed by atoms with Gasteiger partial charge in [-0.15, -0.1) is 0 Å². The van der Waals surface area contributed by atoms with Crippen LogP contribution in [-0.4, -0.2) is 46.9 Å². The molecule has 4 rings (SSSR count). The Morgan fingerprint density at radius 1 is 1.19 bits per heavy atom. The van der Waals surface area contributed by atoms with E-state index in [9.17, 15) is 29.7 Å². The fraction of sp³-hybridized carbons (Fsp3) is 0.435. The molecule has 1 fully saturated rings. The number of hydrogen-bond acceptors (Lipinski definition) is 7. The number of benzene rings is 1. The van der Waals surface area contributed by atoms with Crippen molar-refractivity contribution in [2.24, 2.45) is 23.5 Å². The summed E-state index contributed by atoms with van der Waals surface area (Å²) >= 11 is 0. The molecule has 5 N–H and O–H groups in total. The molecule has 8 heteroatoms. The van der Waals surface area contributed by atoms with Crippen molar-refractivity contribution in [3.05, 3.63) is 39.7 Å². The highest BCUT2D eigenvalue weighted by molar-refractivity contribution is 6.21. The topological polar surface area (TPSA) is 141 Å². The second-order valence-corrected chi connectivity index (χ2v) is 8.76. The zero-order chi connectivity index (χ0) is 22.8. The van der Waals surface area contributed by atoms with Gasteiger partial charge in [-0.3, -0.25) is 14.4 Å². The highest BCUT2D eigenvalue weighted by atomic mass is 16.3. The number of aliphatic hydroxyl groups is 2. The van der Waals surface area contributed by atoms with Crippen molar-refractivity contribution in [1.29, 1.82) is 0 Å². The number of phenols is 1. The molecule has 1 unspecified atom stereocenters. The summed E-state index contributed by atoms with van der Waals surface area (Å²) in [7, 11) is 3.75. The third-order valence-electron chi connectivity index (χ3n) is 6.81. The van der Waals surface area contributed by atoms with Crippen LogP contribution in [0.4, 0.5) is 5.69 Å². The van der Waals surface area contributed by atoms with E-state index >= 15 is 0 Å². The number of aliphatic hydroxyl groups excluding tert-OH is 2. The molecule has 8 nitrogen and oxygen atoms in total. The van der Waals surface area contributed by atoms with Crippen LogP contribution in [0.5, 0.6) is 5.75 Å². The van der Waals surface area contributed by atoms with Crippen LogP contribution in [0.25, 0.3) is 5.76 Å². The number of rotatable bonds is 3. The van der Waals surface area contributed by atoms with Gasteiger partial charge in [0.1, 0.15) is 22.8 Å². The summed E-state index contributed by atoms with van der Waals surface area (Å²) in [5.41, 5.74) is 7.33. The molecular formula is C23H26N2O6. The molecule has 0 radical (unpaired) electrons. The largest absolute Gasteiger partial charge is 0.511 e. The number of fused-ring (bicyclic) bond motifs is 3. The SMILES string of the molecule is CCc1cc(N(C)C)c2c(c1O)C(O)=C1C(=O)C3C(O)=C(C(N)=O)C(=O)C[C@@H]3C[C@@H]1C2. The van der Waals surface area contributed by atoms with Crippen LogP contribution in [-0.2, 0) is 27.2 Å². The van der Waals surface area contributed by atoms with E-state index in [1.165, 1.54) is 0 Å². The fourth-order valence-corrected chi connectivity index (χ4v) is 5.41. The summed E-state index contributed by atoms with van der Waals surface area (Å²) in [6.45, 7) is 1.89. The van der Waals surface area contributed by atoms with Crippen molar-refractivity contribution in [3.63, 3.8) is 0 Å². The third-order valence-corrected chi connectivity index (χ3v) is 6.81. The summed E-state index contributed by atoms with van der Waals surface area (Å²) in [4.78, 5) is 39.3. The molecule has 0 heterocycles. The van der Waals surface area contributed by atoms with Gasteiger partial charge < -0.3 is 26.0 Å². The number of nitrogens with two attached hydrogens (primary N) is 1. The molecule has 0 aliphatic heterocycles. The zero-order valence-corrected chi connectivity index (χ0v) is 17.7. The number of hydrogen-bond donors (Lipinski definition) is 4. The van der Waals surface area contributed by atoms with Gasteiger partial charge in [0.05, 0.1) is 11.5 Å². The molecule has 0 spiro atoms. The van der Waals surface area contributed by atoms with Gasteiger partial charge in [0.2, 0.25) is 0 Å². The molecule has 1 aromatic carbocycles. The maximum Gasteiger partial charge on any atom is 0.255 e. The highest BCUT2D eigenvalue weighted by Gasteiger charge is 2.51. The van der Waals surface area contributed by atoms with Gasteiger partial charge in [-0.05, 0) is 48.3 Å². The Kier molecular flexibility index (Phi) is 4.83. The van der Waals surface area contributed by atoms with Crippen molar-refractivity contribution in [2.45, 2.75) is 32.6 Å². The number of amides is 1. The van der Waals surface area contributed by atoms with E-state index in [2.05, 4.69) is 0 Å². The van der Waals surface area contributed by atoms with Crippen LogP contribution >= 0.6 is 0 Å². The predicted molar refractivity (Wildman–Crippen MR) is 114 cm³/mol. The molecule has 3 aliphatic carbocycles. The lowest BCUT2D eigenvalue weighted by Crippen LogP contribution is -2.44. The zero-order valence-electron chi connectivity index (χ0n) is 17.7. The molecule has 0 bridgehead atoms. The molecule has 31 heavy (non-hydrogen) atoms. The molecule has 0 aromatic heterocycles. The Labute approximate surface area is 179 Å². The smallest absolute Gasteiger partial charge is 0.255 e. The number of anilines is 1. The van der Waals surface area contributed by atoms with E-state index in [1.807, 2.05) is 32.0 Å². The number of ketones is 2. The van der Waals surface area contributed by atoms with Crippen LogP contribution < -0.4 is 10.6 Å². The average Bonchev–Trinajstić information content (AvgIpc) is 2.66. The van der Waals surface area contributed by atoms with E-state index in [4.69, 9.17) is 5.73 Å². The van der Waals surface area contributed by atoms with Gasteiger partial charge in [0.15, 0.2) is 11.6 Å². The van der Waals surface area contributed by atoms with Crippen LogP contribution in [0.1, 0.15) is 36.5 Å². The van der Waals surface area contributed by atoms with E-state index in [0.29, 0.717) is 24.8 Å². The number of primary amides is 1. The summed E-state index contributed by atoms with van der Waals surface area (Å²) < 4.78 is 0. The Hall–Kier alpha value is -3.29. The summed E-state index contributed by atoms with van der Waals surface area (Å²) in [5.74, 6) is -5.05. The minimum Gasteiger partial charge on any atom is -0.511 e. The van der Waals surface area contributed by atoms with Gasteiger partial charge in [0.25, 0.3) is 5.91 Å². The summed E-state index contributed by atoms with van der Waals surface area (Å²) in [6.07, 6.45) is 1.28. The van der Waals surface area contributed by atoms with Gasteiger partial charge in [-0.1, -0.05) is 6.92 Å². The van der Waals surface area contributed by atoms with E-state index in [1.54, 1.807) is 0 Å². The maximum atomic E-state index is 13.4. The van der Waals surface area contributed by atoms with Crippen molar-refractivity contribution >= 4 is 28.9 Å². The normalized spacial score (nSPS) is 25.2. The third kappa shape index (κ3) is 2.92. The lowest BCUT2D eigenvalue weighted by atomic mass is 9.61. The number of allylic oxidation sites excluding steroid dienone is 2. The minimum absolute atomic E-state index is 0.0575.